The number of aromatic nitrogens is 1. The number of carbonyl (C=O) groups is 1. The Balaban J connectivity index is 0.00000405. The molecule has 1 atom stereocenters. The fourth-order valence-electron chi connectivity index (χ4n) is 7.28. The molecule has 0 amide bonds. The van der Waals surface area contributed by atoms with E-state index in [-0.39, 0.29) is 32.9 Å². The molecule has 0 saturated carbocycles. The summed E-state index contributed by atoms with van der Waals surface area (Å²) >= 11 is 0. The number of nitrogens with one attached hydrogen (secondary N) is 1. The van der Waals surface area contributed by atoms with Crippen molar-refractivity contribution >= 4 is 29.4 Å². The fraction of sp³-hybridized carbons (Fsp3) is 0.472. The zero-order valence-corrected chi connectivity index (χ0v) is 28.9. The molecule has 42 heavy (non-hydrogen) atoms. The molecule has 5 heterocycles. The van der Waals surface area contributed by atoms with Crippen LogP contribution in [0, 0.1) is 0 Å². The molecule has 4 aliphatic heterocycles. The van der Waals surface area contributed by atoms with E-state index in [2.05, 4.69) is 89.6 Å². The topological polar surface area (TPSA) is 60.8 Å². The zero-order valence-electron chi connectivity index (χ0n) is 26.6. The predicted octanol–water partition coefficient (Wildman–Crippen LogP) is 6.99. The van der Waals surface area contributed by atoms with Crippen LogP contribution in [0.1, 0.15) is 100 Å². The first kappa shape index (κ1) is 32.1. The molecule has 4 aliphatic rings. The Kier molecular flexibility index (Phi) is 10.1. The Morgan fingerprint density at radius 2 is 1.21 bits per heavy atom. The van der Waals surface area contributed by atoms with E-state index in [1.54, 1.807) is 0 Å². The molecule has 5 nitrogen and oxygen atoms in total. The van der Waals surface area contributed by atoms with E-state index < -0.39 is 0 Å². The minimum atomic E-state index is -0.324. The number of allylic oxidation sites excluding steroid dienone is 6. The standard InChI is InChI=1S/C36H46N4O.Pt/c1-9-23-24(10-2)32-27(13-5)33-25(11-3)26(12-4)34(39-33)28(14-6)35-29(15-7)36(41)31(40(35)16-8)20-22-18-17-21(37-22)19-30(23)38-32;/h17-20,31,37H,9-16H2,1-8H3;/q;+2. The molecule has 6 heteroatoms. The molecular formula is C36H46N4OPt+2. The number of H-pyrrole nitrogens is 1. The van der Waals surface area contributed by atoms with E-state index in [1.165, 1.54) is 33.4 Å². The maximum atomic E-state index is 14.0. The molecule has 1 unspecified atom stereocenters. The Labute approximate surface area is 266 Å². The van der Waals surface area contributed by atoms with Crippen molar-refractivity contribution in [2.75, 3.05) is 6.54 Å². The number of Topliss-reactive ketones (excluding diaryl/α,β-unsaturated/α-hetero) is 1. The third-order valence-corrected chi connectivity index (χ3v) is 9.15. The van der Waals surface area contributed by atoms with Crippen molar-refractivity contribution in [3.63, 3.8) is 0 Å². The second-order valence-electron chi connectivity index (χ2n) is 11.1. The van der Waals surface area contributed by atoms with E-state index >= 15 is 0 Å². The average Bonchev–Trinajstić information content (AvgIpc) is 3.73. The van der Waals surface area contributed by atoms with E-state index in [1.807, 2.05) is 0 Å². The molecule has 224 valence electrons. The van der Waals surface area contributed by atoms with Crippen LogP contribution >= 0.6 is 0 Å². The van der Waals surface area contributed by atoms with Crippen LogP contribution in [0.5, 0.6) is 0 Å². The molecule has 1 N–H and O–H groups in total. The van der Waals surface area contributed by atoms with E-state index in [0.29, 0.717) is 6.42 Å². The summed E-state index contributed by atoms with van der Waals surface area (Å²) in [4.78, 5) is 30.7. The minimum absolute atomic E-state index is 0. The van der Waals surface area contributed by atoms with Crippen LogP contribution < -0.4 is 10.7 Å². The third-order valence-electron chi connectivity index (χ3n) is 9.15. The van der Waals surface area contributed by atoms with Gasteiger partial charge in [0.05, 0.1) is 22.8 Å². The summed E-state index contributed by atoms with van der Waals surface area (Å²) in [5, 5.41) is 1.98. The van der Waals surface area contributed by atoms with Gasteiger partial charge in [-0.3, -0.25) is 4.79 Å². The molecule has 0 radical (unpaired) electrons. The summed E-state index contributed by atoms with van der Waals surface area (Å²) in [6, 6.07) is 3.87. The van der Waals surface area contributed by atoms with Gasteiger partial charge in [-0.05, 0) is 98.4 Å². The van der Waals surface area contributed by atoms with Gasteiger partial charge in [0.1, 0.15) is 6.04 Å². The van der Waals surface area contributed by atoms with Gasteiger partial charge in [0.25, 0.3) is 0 Å². The van der Waals surface area contributed by atoms with Crippen molar-refractivity contribution in [3.8, 4) is 0 Å². The molecule has 0 aliphatic carbocycles. The van der Waals surface area contributed by atoms with E-state index in [9.17, 15) is 4.79 Å². The van der Waals surface area contributed by atoms with Crippen LogP contribution in [-0.2, 0) is 25.9 Å². The van der Waals surface area contributed by atoms with Crippen LogP contribution in [0.2, 0.25) is 0 Å². The average molecular weight is 746 g/mol. The summed E-state index contributed by atoms with van der Waals surface area (Å²) in [5.41, 5.74) is 14.2. The molecule has 0 saturated heterocycles. The van der Waals surface area contributed by atoms with Gasteiger partial charge in [0, 0.05) is 39.7 Å². The normalized spacial score (nSPS) is 20.4. The zero-order chi connectivity index (χ0) is 29.4. The summed E-state index contributed by atoms with van der Waals surface area (Å²) in [7, 11) is 0. The number of ketones is 1. The number of hydrogen-bond donors (Lipinski definition) is 1. The largest absolute Gasteiger partial charge is 2.00 e. The van der Waals surface area contributed by atoms with Gasteiger partial charge in [-0.25, -0.2) is 9.98 Å². The molecule has 1 aromatic rings. The number of nitrogens with zero attached hydrogens (tertiary/aromatic N) is 3. The first-order valence-electron chi connectivity index (χ1n) is 15.9. The van der Waals surface area contributed by atoms with Crippen LogP contribution in [0.15, 0.2) is 78.2 Å². The van der Waals surface area contributed by atoms with Gasteiger partial charge in [0.2, 0.25) is 0 Å². The molecule has 0 aromatic carbocycles. The molecule has 0 spiro atoms. The van der Waals surface area contributed by atoms with Gasteiger partial charge in [-0.1, -0.05) is 48.5 Å². The van der Waals surface area contributed by atoms with Crippen LogP contribution in [0.3, 0.4) is 0 Å². The quantitative estimate of drug-likeness (QED) is 0.312. The number of rotatable bonds is 8. The van der Waals surface area contributed by atoms with Crippen molar-refractivity contribution in [3.05, 3.63) is 78.9 Å². The SMILES string of the molecule is CCC1=C(CC)C2=C(CC)C3=NC(=C(CC)C4=C(CC)C(=O)C(C=c5ccc([nH]5)=CC1=N2)N4CC)C(CC)=C3CC.[Pt+2]. The number of fused-ring (bicyclic) bond motifs is 6. The maximum absolute atomic E-state index is 14.0. The van der Waals surface area contributed by atoms with Gasteiger partial charge in [-0.15, -0.1) is 0 Å². The van der Waals surface area contributed by atoms with Crippen molar-refractivity contribution in [2.24, 2.45) is 9.98 Å². The van der Waals surface area contributed by atoms with Crippen molar-refractivity contribution in [2.45, 2.75) is 106 Å². The summed E-state index contributed by atoms with van der Waals surface area (Å²) < 4.78 is 0. The van der Waals surface area contributed by atoms with Crippen molar-refractivity contribution in [1.82, 2.24) is 9.88 Å². The van der Waals surface area contributed by atoms with Crippen molar-refractivity contribution < 1.29 is 25.9 Å². The minimum Gasteiger partial charge on any atom is -0.357 e. The molecule has 0 fully saturated rings. The molecule has 8 bridgehead atoms. The predicted molar refractivity (Wildman–Crippen MR) is 172 cm³/mol. The Morgan fingerprint density at radius 3 is 1.79 bits per heavy atom. The smallest absolute Gasteiger partial charge is 0.357 e. The monoisotopic (exact) mass is 745 g/mol. The van der Waals surface area contributed by atoms with Crippen LogP contribution in [0.4, 0.5) is 0 Å². The summed E-state index contributed by atoms with van der Waals surface area (Å²) in [5.74, 6) is 0.212. The second-order valence-corrected chi connectivity index (χ2v) is 11.1. The number of aliphatic imine (C=N–C) groups is 2. The number of carbonyl (C=O) groups excluding carboxylic acids is 1. The van der Waals surface area contributed by atoms with Gasteiger partial charge in [-0.2, -0.15) is 0 Å². The third kappa shape index (κ3) is 5.06. The van der Waals surface area contributed by atoms with E-state index in [4.69, 9.17) is 9.98 Å². The molecular weight excluding hydrogens is 700 g/mol. The summed E-state index contributed by atoms with van der Waals surface area (Å²) in [6.07, 6.45) is 10.4. The number of hydrogen-bond acceptors (Lipinski definition) is 4. The maximum Gasteiger partial charge on any atom is 2.00 e. The summed E-state index contributed by atoms with van der Waals surface area (Å²) in [6.45, 7) is 18.5. The van der Waals surface area contributed by atoms with Gasteiger partial charge >= 0.3 is 21.1 Å². The number of likely N-dealkylation sites (N-methyl/N-ethyl adjacent to an activating group) is 1. The van der Waals surface area contributed by atoms with E-state index in [0.717, 1.165) is 89.9 Å². The first-order valence-corrected chi connectivity index (χ1v) is 15.9. The van der Waals surface area contributed by atoms with Gasteiger partial charge in [0.15, 0.2) is 5.78 Å². The Hall–Kier alpha value is -2.78. The van der Waals surface area contributed by atoms with Crippen LogP contribution in [0.25, 0.3) is 12.2 Å². The van der Waals surface area contributed by atoms with Gasteiger partial charge < -0.3 is 9.88 Å². The first-order chi connectivity index (χ1) is 19.9. The Bertz CT molecular complexity index is 1640. The van der Waals surface area contributed by atoms with Crippen molar-refractivity contribution in [1.29, 1.82) is 0 Å². The van der Waals surface area contributed by atoms with Crippen LogP contribution in [-0.4, -0.2) is 39.7 Å². The second kappa shape index (κ2) is 13.2. The number of aromatic amines is 1. The fourth-order valence-corrected chi connectivity index (χ4v) is 7.28. The Morgan fingerprint density at radius 1 is 0.667 bits per heavy atom. The molecule has 5 rings (SSSR count). The molecule has 1 aromatic heterocycles.